The first-order valence-corrected chi connectivity index (χ1v) is 9.92. The first-order chi connectivity index (χ1) is 10.6. The number of rotatable bonds is 16. The van der Waals surface area contributed by atoms with E-state index in [1.165, 1.54) is 70.6 Å². The van der Waals surface area contributed by atoms with Gasteiger partial charge in [-0.15, -0.1) is 0 Å². The van der Waals surface area contributed by atoms with E-state index in [9.17, 15) is 4.79 Å². The van der Waals surface area contributed by atoms with Gasteiger partial charge in [0.2, 0.25) is 5.91 Å². The van der Waals surface area contributed by atoms with Crippen LogP contribution in [0.4, 0.5) is 0 Å². The monoisotopic (exact) mass is 311 g/mol. The van der Waals surface area contributed by atoms with Crippen LogP contribution in [0.15, 0.2) is 0 Å². The maximum absolute atomic E-state index is 12.1. The minimum atomic E-state index is -0.217. The van der Waals surface area contributed by atoms with E-state index in [1.54, 1.807) is 0 Å². The molecule has 2 N–H and O–H groups in total. The largest absolute Gasteiger partial charge is 0.369 e. The molecule has 2 nitrogen and oxygen atoms in total. The second kappa shape index (κ2) is 14.1. The summed E-state index contributed by atoms with van der Waals surface area (Å²) in [6.07, 6.45) is 18.1. The number of nitrogens with two attached hydrogens (primary N) is 1. The van der Waals surface area contributed by atoms with Crippen LogP contribution in [0.3, 0.4) is 0 Å². The molecule has 0 fully saturated rings. The molecule has 22 heavy (non-hydrogen) atoms. The Hall–Kier alpha value is -0.530. The maximum atomic E-state index is 12.1. The Morgan fingerprint density at radius 2 is 1.05 bits per heavy atom. The van der Waals surface area contributed by atoms with E-state index < -0.39 is 0 Å². The molecule has 2 heteroatoms. The Morgan fingerprint density at radius 3 is 1.41 bits per heavy atom. The van der Waals surface area contributed by atoms with Gasteiger partial charge in [-0.2, -0.15) is 0 Å². The fourth-order valence-electron chi connectivity index (χ4n) is 3.53. The highest BCUT2D eigenvalue weighted by Crippen LogP contribution is 2.36. The summed E-state index contributed by atoms with van der Waals surface area (Å²) in [5.41, 5.74) is 5.61. The van der Waals surface area contributed by atoms with Gasteiger partial charge in [-0.25, -0.2) is 0 Å². The molecule has 0 radical (unpaired) electrons. The normalized spacial score (nSPS) is 14.0. The van der Waals surface area contributed by atoms with Crippen LogP contribution in [-0.4, -0.2) is 5.91 Å². The summed E-state index contributed by atoms with van der Waals surface area (Å²) in [6, 6.07) is 0. The number of amides is 1. The lowest BCUT2D eigenvalue weighted by molar-refractivity contribution is -0.129. The second-order valence-corrected chi connectivity index (χ2v) is 7.08. The topological polar surface area (TPSA) is 43.1 Å². The summed E-state index contributed by atoms with van der Waals surface area (Å²) < 4.78 is 0. The highest BCUT2D eigenvalue weighted by Gasteiger charge is 2.34. The molecule has 0 heterocycles. The predicted molar refractivity (Wildman–Crippen MR) is 97.9 cm³/mol. The van der Waals surface area contributed by atoms with Gasteiger partial charge in [0.1, 0.15) is 0 Å². The van der Waals surface area contributed by atoms with E-state index in [4.69, 9.17) is 5.73 Å². The number of unbranched alkanes of at least 4 members (excludes halogenated alkanes) is 9. The third-order valence-electron chi connectivity index (χ3n) is 5.02. The molecule has 0 aromatic heterocycles. The van der Waals surface area contributed by atoms with Gasteiger partial charge in [0, 0.05) is 5.41 Å². The molecule has 0 aliphatic heterocycles. The second-order valence-electron chi connectivity index (χ2n) is 7.08. The molecule has 0 spiro atoms. The van der Waals surface area contributed by atoms with Crippen LogP contribution < -0.4 is 5.73 Å². The third kappa shape index (κ3) is 9.48. The molecular weight excluding hydrogens is 270 g/mol. The quantitative estimate of drug-likeness (QED) is 0.331. The Morgan fingerprint density at radius 1 is 0.636 bits per heavy atom. The van der Waals surface area contributed by atoms with E-state index in [2.05, 4.69) is 20.8 Å². The van der Waals surface area contributed by atoms with Gasteiger partial charge >= 0.3 is 0 Å². The average molecular weight is 312 g/mol. The maximum Gasteiger partial charge on any atom is 0.223 e. The minimum absolute atomic E-state index is 0.0431. The molecule has 0 saturated carbocycles. The van der Waals surface area contributed by atoms with Crippen molar-refractivity contribution in [3.05, 3.63) is 0 Å². The summed E-state index contributed by atoms with van der Waals surface area (Å²) in [6.45, 7) is 6.66. The molecule has 0 aliphatic carbocycles. The Labute approximate surface area is 139 Å². The summed E-state index contributed by atoms with van der Waals surface area (Å²) in [4.78, 5) is 12.1. The van der Waals surface area contributed by atoms with Crippen molar-refractivity contribution in [3.63, 3.8) is 0 Å². The molecule has 1 unspecified atom stereocenters. The van der Waals surface area contributed by atoms with Crippen molar-refractivity contribution in [2.75, 3.05) is 0 Å². The fraction of sp³-hybridized carbons (Fsp3) is 0.950. The number of carbonyl (C=O) groups excluding carboxylic acids is 1. The van der Waals surface area contributed by atoms with Crippen molar-refractivity contribution in [2.24, 2.45) is 11.1 Å². The molecule has 0 aliphatic rings. The Bertz CT molecular complexity index is 264. The van der Waals surface area contributed by atoms with Gasteiger partial charge in [0.05, 0.1) is 0 Å². The van der Waals surface area contributed by atoms with Gasteiger partial charge in [0.15, 0.2) is 0 Å². The number of primary amides is 1. The first-order valence-electron chi connectivity index (χ1n) is 9.92. The van der Waals surface area contributed by atoms with Crippen LogP contribution in [-0.2, 0) is 4.79 Å². The Kier molecular flexibility index (Phi) is 13.7. The zero-order valence-electron chi connectivity index (χ0n) is 15.6. The molecule has 1 atom stereocenters. The minimum Gasteiger partial charge on any atom is -0.369 e. The predicted octanol–water partition coefficient (Wildman–Crippen LogP) is 6.37. The molecular formula is C20H41NO. The molecule has 132 valence electrons. The van der Waals surface area contributed by atoms with Crippen molar-refractivity contribution >= 4 is 5.91 Å². The molecule has 0 rings (SSSR count). The molecule has 0 bridgehead atoms. The van der Waals surface area contributed by atoms with E-state index >= 15 is 0 Å². The smallest absolute Gasteiger partial charge is 0.223 e. The van der Waals surface area contributed by atoms with E-state index in [0.29, 0.717) is 0 Å². The summed E-state index contributed by atoms with van der Waals surface area (Å²) in [7, 11) is 0. The van der Waals surface area contributed by atoms with Crippen molar-refractivity contribution in [2.45, 2.75) is 117 Å². The molecule has 0 aromatic rings. The Balaban J connectivity index is 4.23. The standard InChI is InChI=1S/C20H41NO/c1-4-7-9-11-13-15-18-20(16-6-3,19(21)22)17-14-12-10-8-5-2/h4-18H2,1-3H3,(H2,21,22). The van der Waals surface area contributed by atoms with Crippen LogP contribution in [0.2, 0.25) is 0 Å². The summed E-state index contributed by atoms with van der Waals surface area (Å²) in [5.74, 6) is -0.0431. The molecule has 1 amide bonds. The fourth-order valence-corrected chi connectivity index (χ4v) is 3.53. The van der Waals surface area contributed by atoms with Crippen LogP contribution in [0.5, 0.6) is 0 Å². The van der Waals surface area contributed by atoms with Gasteiger partial charge in [-0.05, 0) is 19.3 Å². The zero-order valence-corrected chi connectivity index (χ0v) is 15.6. The highest BCUT2D eigenvalue weighted by molar-refractivity contribution is 5.80. The van der Waals surface area contributed by atoms with Gasteiger partial charge < -0.3 is 5.73 Å². The van der Waals surface area contributed by atoms with Crippen molar-refractivity contribution in [3.8, 4) is 0 Å². The van der Waals surface area contributed by atoms with Gasteiger partial charge in [0.25, 0.3) is 0 Å². The lowest BCUT2D eigenvalue weighted by atomic mass is 9.74. The van der Waals surface area contributed by atoms with Crippen molar-refractivity contribution in [1.82, 2.24) is 0 Å². The van der Waals surface area contributed by atoms with Crippen LogP contribution in [0, 0.1) is 5.41 Å². The number of hydrogen-bond donors (Lipinski definition) is 1. The van der Waals surface area contributed by atoms with E-state index in [0.717, 1.165) is 25.7 Å². The van der Waals surface area contributed by atoms with Crippen LogP contribution in [0.25, 0.3) is 0 Å². The first kappa shape index (κ1) is 21.5. The van der Waals surface area contributed by atoms with E-state index in [1.807, 2.05) is 0 Å². The van der Waals surface area contributed by atoms with Crippen molar-refractivity contribution in [1.29, 1.82) is 0 Å². The zero-order chi connectivity index (χ0) is 16.7. The van der Waals surface area contributed by atoms with Crippen LogP contribution in [0.1, 0.15) is 117 Å². The van der Waals surface area contributed by atoms with Crippen LogP contribution >= 0.6 is 0 Å². The highest BCUT2D eigenvalue weighted by atomic mass is 16.1. The SMILES string of the molecule is CCCCCCCCC(CCC)(CCCCCCC)C(N)=O. The lowest BCUT2D eigenvalue weighted by Crippen LogP contribution is -2.37. The molecule has 0 aromatic carbocycles. The molecule has 0 saturated heterocycles. The summed E-state index contributed by atoms with van der Waals surface area (Å²) in [5, 5.41) is 0. The lowest BCUT2D eigenvalue weighted by Gasteiger charge is -2.30. The average Bonchev–Trinajstić information content (AvgIpc) is 2.50. The summed E-state index contributed by atoms with van der Waals surface area (Å²) >= 11 is 0. The van der Waals surface area contributed by atoms with E-state index in [-0.39, 0.29) is 11.3 Å². The number of carbonyl (C=O) groups is 1. The van der Waals surface area contributed by atoms with Gasteiger partial charge in [-0.1, -0.05) is 97.8 Å². The number of hydrogen-bond acceptors (Lipinski definition) is 1. The van der Waals surface area contributed by atoms with Gasteiger partial charge in [-0.3, -0.25) is 4.79 Å². The van der Waals surface area contributed by atoms with Crippen molar-refractivity contribution < 1.29 is 4.79 Å². The third-order valence-corrected chi connectivity index (χ3v) is 5.02.